The Morgan fingerprint density at radius 1 is 1.52 bits per heavy atom. The first-order valence-corrected chi connectivity index (χ1v) is 7.08. The van der Waals surface area contributed by atoms with Crippen LogP contribution in [0.1, 0.15) is 17.0 Å². The van der Waals surface area contributed by atoms with E-state index in [4.69, 9.17) is 4.74 Å². The fraction of sp³-hybridized carbons (Fsp3) is 0.333. The van der Waals surface area contributed by atoms with E-state index in [0.717, 1.165) is 23.5 Å². The fourth-order valence-electron chi connectivity index (χ4n) is 2.28. The molecule has 0 aliphatic carbocycles. The first-order valence-electron chi connectivity index (χ1n) is 7.08. The lowest BCUT2D eigenvalue weighted by Crippen LogP contribution is -2.07. The van der Waals surface area contributed by atoms with Crippen LogP contribution >= 0.6 is 0 Å². The van der Waals surface area contributed by atoms with Gasteiger partial charge in [-0.25, -0.2) is 4.98 Å². The second-order valence-electron chi connectivity index (χ2n) is 4.97. The maximum absolute atomic E-state index is 10.9. The van der Waals surface area contributed by atoms with Crippen LogP contribution < -0.4 is 5.43 Å². The van der Waals surface area contributed by atoms with Crippen LogP contribution in [0, 0.1) is 24.0 Å². The molecule has 0 saturated carbocycles. The van der Waals surface area contributed by atoms with Gasteiger partial charge >= 0.3 is 5.69 Å². The van der Waals surface area contributed by atoms with E-state index in [-0.39, 0.29) is 11.5 Å². The van der Waals surface area contributed by atoms with Crippen LogP contribution in [0.5, 0.6) is 0 Å². The van der Waals surface area contributed by atoms with Crippen molar-refractivity contribution in [1.29, 1.82) is 0 Å². The molecule has 23 heavy (non-hydrogen) atoms. The number of hydrogen-bond donors (Lipinski definition) is 1. The normalized spacial score (nSPS) is 11.1. The Morgan fingerprint density at radius 3 is 3.00 bits per heavy atom. The highest BCUT2D eigenvalue weighted by atomic mass is 16.6. The SMILES string of the molecule is COCCn1c(C)cc(/C=N\Nc2ncccc2[N+](=O)[O-])c1C. The summed E-state index contributed by atoms with van der Waals surface area (Å²) in [7, 11) is 1.67. The first kappa shape index (κ1) is 16.6. The van der Waals surface area contributed by atoms with E-state index in [1.54, 1.807) is 13.3 Å². The summed E-state index contributed by atoms with van der Waals surface area (Å²) in [5, 5.41) is 15.0. The molecule has 0 aliphatic rings. The van der Waals surface area contributed by atoms with Gasteiger partial charge < -0.3 is 9.30 Å². The number of aromatic nitrogens is 2. The zero-order valence-electron chi connectivity index (χ0n) is 13.3. The number of nitrogens with one attached hydrogen (secondary N) is 1. The average Bonchev–Trinajstić information content (AvgIpc) is 2.80. The highest BCUT2D eigenvalue weighted by Gasteiger charge is 2.13. The molecule has 0 fully saturated rings. The fourth-order valence-corrected chi connectivity index (χ4v) is 2.28. The minimum Gasteiger partial charge on any atom is -0.383 e. The van der Waals surface area contributed by atoms with Crippen molar-refractivity contribution in [3.8, 4) is 0 Å². The number of hydrazone groups is 1. The van der Waals surface area contributed by atoms with Gasteiger partial charge in [-0.1, -0.05) is 0 Å². The molecule has 0 radical (unpaired) electrons. The van der Waals surface area contributed by atoms with Crippen molar-refractivity contribution in [2.75, 3.05) is 19.1 Å². The van der Waals surface area contributed by atoms with Gasteiger partial charge in [0.05, 0.1) is 17.7 Å². The molecule has 0 amide bonds. The zero-order valence-corrected chi connectivity index (χ0v) is 13.3. The summed E-state index contributed by atoms with van der Waals surface area (Å²) in [5.74, 6) is 0.113. The third-order valence-corrected chi connectivity index (χ3v) is 3.49. The van der Waals surface area contributed by atoms with Gasteiger partial charge in [0, 0.05) is 42.9 Å². The van der Waals surface area contributed by atoms with Crippen molar-refractivity contribution in [1.82, 2.24) is 9.55 Å². The first-order chi connectivity index (χ1) is 11.0. The molecule has 2 aromatic heterocycles. The Balaban J connectivity index is 2.14. The number of nitrogens with zero attached hydrogens (tertiary/aromatic N) is 4. The van der Waals surface area contributed by atoms with Crippen molar-refractivity contribution in [3.05, 3.63) is 51.5 Å². The van der Waals surface area contributed by atoms with Crippen molar-refractivity contribution >= 4 is 17.7 Å². The highest BCUT2D eigenvalue weighted by molar-refractivity contribution is 5.82. The number of anilines is 1. The Morgan fingerprint density at radius 2 is 2.30 bits per heavy atom. The molecular weight excluding hydrogens is 298 g/mol. The lowest BCUT2D eigenvalue weighted by molar-refractivity contribution is -0.384. The van der Waals surface area contributed by atoms with Crippen molar-refractivity contribution in [3.63, 3.8) is 0 Å². The van der Waals surface area contributed by atoms with Crippen LogP contribution in [0.2, 0.25) is 0 Å². The second kappa shape index (κ2) is 7.50. The summed E-state index contributed by atoms with van der Waals surface area (Å²) in [6.45, 7) is 5.40. The third-order valence-electron chi connectivity index (χ3n) is 3.49. The van der Waals surface area contributed by atoms with Crippen molar-refractivity contribution < 1.29 is 9.66 Å². The summed E-state index contributed by atoms with van der Waals surface area (Å²) in [4.78, 5) is 14.3. The number of hydrogen-bond acceptors (Lipinski definition) is 6. The molecule has 2 rings (SSSR count). The molecule has 0 spiro atoms. The van der Waals surface area contributed by atoms with Crippen LogP contribution in [-0.4, -0.2) is 34.4 Å². The molecule has 0 atom stereocenters. The van der Waals surface area contributed by atoms with Crippen molar-refractivity contribution in [2.45, 2.75) is 20.4 Å². The summed E-state index contributed by atoms with van der Waals surface area (Å²) in [6.07, 6.45) is 3.10. The van der Waals surface area contributed by atoms with Gasteiger partial charge in [-0.2, -0.15) is 5.10 Å². The average molecular weight is 317 g/mol. The van der Waals surface area contributed by atoms with Crippen LogP contribution in [0.3, 0.4) is 0 Å². The van der Waals surface area contributed by atoms with Gasteiger partial charge in [0.25, 0.3) is 0 Å². The summed E-state index contributed by atoms with van der Waals surface area (Å²) >= 11 is 0. The lowest BCUT2D eigenvalue weighted by Gasteiger charge is -2.08. The maximum Gasteiger partial charge on any atom is 0.313 e. The molecule has 0 aliphatic heterocycles. The highest BCUT2D eigenvalue weighted by Crippen LogP contribution is 2.20. The van der Waals surface area contributed by atoms with Gasteiger partial charge in [-0.15, -0.1) is 0 Å². The smallest absolute Gasteiger partial charge is 0.313 e. The van der Waals surface area contributed by atoms with E-state index >= 15 is 0 Å². The van der Waals surface area contributed by atoms with Crippen molar-refractivity contribution in [2.24, 2.45) is 5.10 Å². The number of ether oxygens (including phenoxy) is 1. The van der Waals surface area contributed by atoms with E-state index in [9.17, 15) is 10.1 Å². The van der Waals surface area contributed by atoms with Crippen LogP contribution in [0.4, 0.5) is 11.5 Å². The summed E-state index contributed by atoms with van der Waals surface area (Å²) in [5.41, 5.74) is 5.60. The molecule has 1 N–H and O–H groups in total. The molecule has 0 aromatic carbocycles. The minimum absolute atomic E-state index is 0.113. The third kappa shape index (κ3) is 3.92. The number of pyridine rings is 1. The standard InChI is InChI=1S/C15H19N5O3/c1-11-9-13(12(2)19(11)7-8-23-3)10-17-18-15-14(20(21)22)5-4-6-16-15/h4-6,9-10H,7-8H2,1-3H3,(H,16,18)/b17-10-. The van der Waals surface area contributed by atoms with E-state index < -0.39 is 4.92 Å². The van der Waals surface area contributed by atoms with Gasteiger partial charge in [-0.3, -0.25) is 15.5 Å². The Labute approximate surface area is 133 Å². The summed E-state index contributed by atoms with van der Waals surface area (Å²) < 4.78 is 7.23. The Hall–Kier alpha value is -2.74. The number of methoxy groups -OCH3 is 1. The molecule has 8 heteroatoms. The predicted molar refractivity (Wildman–Crippen MR) is 87.9 cm³/mol. The summed E-state index contributed by atoms with van der Waals surface area (Å²) in [6, 6.07) is 4.89. The zero-order chi connectivity index (χ0) is 16.8. The molecule has 0 unspecified atom stereocenters. The molecule has 0 bridgehead atoms. The predicted octanol–water partition coefficient (Wildman–Crippen LogP) is 2.50. The molecule has 122 valence electrons. The van der Waals surface area contributed by atoms with E-state index in [1.165, 1.54) is 18.3 Å². The maximum atomic E-state index is 10.9. The Kier molecular flexibility index (Phi) is 5.42. The molecular formula is C15H19N5O3. The molecule has 0 saturated heterocycles. The largest absolute Gasteiger partial charge is 0.383 e. The second-order valence-corrected chi connectivity index (χ2v) is 4.97. The minimum atomic E-state index is -0.499. The van der Waals surface area contributed by atoms with E-state index in [1.807, 2.05) is 19.9 Å². The number of rotatable bonds is 7. The van der Waals surface area contributed by atoms with Crippen LogP contribution in [0.15, 0.2) is 29.5 Å². The molecule has 2 heterocycles. The van der Waals surface area contributed by atoms with Crippen LogP contribution in [-0.2, 0) is 11.3 Å². The van der Waals surface area contributed by atoms with Gasteiger partial charge in [0.15, 0.2) is 0 Å². The van der Waals surface area contributed by atoms with Crippen LogP contribution in [0.25, 0.3) is 0 Å². The van der Waals surface area contributed by atoms with E-state index in [2.05, 4.69) is 20.1 Å². The lowest BCUT2D eigenvalue weighted by atomic mass is 10.3. The quantitative estimate of drug-likeness (QED) is 0.481. The van der Waals surface area contributed by atoms with Gasteiger partial charge in [0.1, 0.15) is 0 Å². The Bertz CT molecular complexity index is 724. The number of nitro groups is 1. The van der Waals surface area contributed by atoms with Gasteiger partial charge in [0.2, 0.25) is 5.82 Å². The number of aryl methyl sites for hydroxylation is 1. The monoisotopic (exact) mass is 317 g/mol. The van der Waals surface area contributed by atoms with Gasteiger partial charge in [-0.05, 0) is 26.0 Å². The molecule has 8 nitrogen and oxygen atoms in total. The topological polar surface area (TPSA) is 94.6 Å². The van der Waals surface area contributed by atoms with E-state index in [0.29, 0.717) is 6.61 Å². The molecule has 2 aromatic rings.